The van der Waals surface area contributed by atoms with Crippen molar-refractivity contribution in [2.75, 3.05) is 26.2 Å². The second-order valence-corrected chi connectivity index (χ2v) is 6.11. The Morgan fingerprint density at radius 2 is 1.95 bits per heavy atom. The molecule has 0 aromatic heterocycles. The summed E-state index contributed by atoms with van der Waals surface area (Å²) < 4.78 is 40.0. The van der Waals surface area contributed by atoms with E-state index in [9.17, 15) is 17.6 Å². The molecule has 0 saturated carbocycles. The first-order valence-electron chi connectivity index (χ1n) is 6.56. The van der Waals surface area contributed by atoms with Gasteiger partial charge in [-0.1, -0.05) is 13.8 Å². The number of sulfonamides is 1. The first-order valence-corrected chi connectivity index (χ1v) is 8.05. The lowest BCUT2D eigenvalue weighted by atomic mass is 10.2. The van der Waals surface area contributed by atoms with E-state index >= 15 is 0 Å². The van der Waals surface area contributed by atoms with Gasteiger partial charge in [0.05, 0.1) is 5.56 Å². The van der Waals surface area contributed by atoms with Gasteiger partial charge in [0.25, 0.3) is 0 Å². The maximum atomic E-state index is 13.7. The molecule has 0 saturated heterocycles. The molecule has 1 aromatic rings. The van der Waals surface area contributed by atoms with Crippen LogP contribution in [-0.2, 0) is 10.0 Å². The second kappa shape index (κ2) is 7.48. The Labute approximate surface area is 123 Å². The van der Waals surface area contributed by atoms with E-state index in [0.717, 1.165) is 25.2 Å². The summed E-state index contributed by atoms with van der Waals surface area (Å²) in [5.74, 6) is -2.39. The first-order chi connectivity index (χ1) is 9.81. The summed E-state index contributed by atoms with van der Waals surface area (Å²) in [5, 5.41) is 8.72. The highest BCUT2D eigenvalue weighted by Gasteiger charge is 2.20. The van der Waals surface area contributed by atoms with Gasteiger partial charge in [0, 0.05) is 13.1 Å². The largest absolute Gasteiger partial charge is 0.478 e. The van der Waals surface area contributed by atoms with Gasteiger partial charge >= 0.3 is 5.97 Å². The molecule has 0 spiro atoms. The Kier molecular flexibility index (Phi) is 6.25. The van der Waals surface area contributed by atoms with Crippen molar-refractivity contribution < 1.29 is 22.7 Å². The molecule has 6 nitrogen and oxygen atoms in total. The molecule has 0 heterocycles. The average molecular weight is 318 g/mol. The van der Waals surface area contributed by atoms with Crippen molar-refractivity contribution in [3.8, 4) is 0 Å². The van der Waals surface area contributed by atoms with Gasteiger partial charge in [-0.25, -0.2) is 22.3 Å². The average Bonchev–Trinajstić information content (AvgIpc) is 2.43. The van der Waals surface area contributed by atoms with E-state index in [1.807, 2.05) is 18.7 Å². The van der Waals surface area contributed by atoms with Crippen molar-refractivity contribution in [1.29, 1.82) is 0 Å². The number of rotatable bonds is 8. The van der Waals surface area contributed by atoms with Crippen molar-refractivity contribution >= 4 is 16.0 Å². The minimum atomic E-state index is -3.99. The number of halogens is 1. The predicted octanol–water partition coefficient (Wildman–Crippen LogP) is 1.14. The molecular formula is C13H19FN2O4S. The van der Waals surface area contributed by atoms with Gasteiger partial charge < -0.3 is 10.0 Å². The summed E-state index contributed by atoms with van der Waals surface area (Å²) in [5.41, 5.74) is -0.297. The molecule has 0 bridgehead atoms. The summed E-state index contributed by atoms with van der Waals surface area (Å²) in [4.78, 5) is 12.2. The molecule has 21 heavy (non-hydrogen) atoms. The molecule has 118 valence electrons. The van der Waals surface area contributed by atoms with Crippen molar-refractivity contribution in [3.05, 3.63) is 29.6 Å². The number of nitrogens with one attached hydrogen (secondary N) is 1. The maximum Gasteiger partial charge on any atom is 0.335 e. The molecule has 0 amide bonds. The van der Waals surface area contributed by atoms with Crippen molar-refractivity contribution in [2.24, 2.45) is 0 Å². The van der Waals surface area contributed by atoms with Gasteiger partial charge in [0.1, 0.15) is 10.7 Å². The van der Waals surface area contributed by atoms with Crippen LogP contribution >= 0.6 is 0 Å². The molecule has 0 unspecified atom stereocenters. The van der Waals surface area contributed by atoms with Crippen LogP contribution in [0.25, 0.3) is 0 Å². The van der Waals surface area contributed by atoms with E-state index in [-0.39, 0.29) is 12.1 Å². The Bertz CT molecular complexity index is 600. The molecule has 1 aromatic carbocycles. The van der Waals surface area contributed by atoms with Gasteiger partial charge in [-0.2, -0.15) is 0 Å². The van der Waals surface area contributed by atoms with Gasteiger partial charge in [0.2, 0.25) is 10.0 Å². The van der Waals surface area contributed by atoms with E-state index in [1.54, 1.807) is 0 Å². The third kappa shape index (κ3) is 4.76. The summed E-state index contributed by atoms with van der Waals surface area (Å²) in [6.07, 6.45) is 0. The Morgan fingerprint density at radius 1 is 1.33 bits per heavy atom. The van der Waals surface area contributed by atoms with Gasteiger partial charge in [-0.3, -0.25) is 0 Å². The topological polar surface area (TPSA) is 86.7 Å². The van der Waals surface area contributed by atoms with Crippen LogP contribution in [0.5, 0.6) is 0 Å². The minimum Gasteiger partial charge on any atom is -0.478 e. The molecule has 0 radical (unpaired) electrons. The number of carboxylic acids is 1. The number of nitrogens with zero attached hydrogens (tertiary/aromatic N) is 1. The van der Waals surface area contributed by atoms with Gasteiger partial charge in [-0.05, 0) is 31.3 Å². The van der Waals surface area contributed by atoms with Gasteiger partial charge in [-0.15, -0.1) is 0 Å². The van der Waals surface area contributed by atoms with Crippen LogP contribution < -0.4 is 4.72 Å². The zero-order valence-electron chi connectivity index (χ0n) is 12.0. The van der Waals surface area contributed by atoms with Crippen molar-refractivity contribution in [2.45, 2.75) is 18.7 Å². The fraction of sp³-hybridized carbons (Fsp3) is 0.462. The molecule has 0 aliphatic rings. The zero-order chi connectivity index (χ0) is 16.0. The molecular weight excluding hydrogens is 299 g/mol. The fourth-order valence-corrected chi connectivity index (χ4v) is 2.89. The monoisotopic (exact) mass is 318 g/mol. The smallest absolute Gasteiger partial charge is 0.335 e. The number of carbonyl (C=O) groups is 1. The summed E-state index contributed by atoms with van der Waals surface area (Å²) >= 11 is 0. The van der Waals surface area contributed by atoms with Crippen LogP contribution in [-0.4, -0.2) is 50.6 Å². The number of carboxylic acid groups (broad SMARTS) is 1. The van der Waals surface area contributed by atoms with Crippen LogP contribution in [0.15, 0.2) is 23.1 Å². The standard InChI is InChI=1S/C13H19FN2O4S/c1-3-16(4-2)8-7-15-21(19,20)12-6-5-10(13(17)18)9-11(12)14/h5-6,9,15H,3-4,7-8H2,1-2H3,(H,17,18). The summed E-state index contributed by atoms with van der Waals surface area (Å²) in [6, 6.07) is 2.71. The number of likely N-dealkylation sites (N-methyl/N-ethyl adjacent to an activating group) is 1. The molecule has 0 aliphatic heterocycles. The van der Waals surface area contributed by atoms with Crippen LogP contribution in [0.2, 0.25) is 0 Å². The summed E-state index contributed by atoms with van der Waals surface area (Å²) in [7, 11) is -3.99. The zero-order valence-corrected chi connectivity index (χ0v) is 12.8. The fourth-order valence-electron chi connectivity index (χ4n) is 1.81. The number of hydrogen-bond donors (Lipinski definition) is 2. The van der Waals surface area contributed by atoms with E-state index in [2.05, 4.69) is 4.72 Å². The lowest BCUT2D eigenvalue weighted by Crippen LogP contribution is -2.35. The minimum absolute atomic E-state index is 0.157. The third-order valence-electron chi connectivity index (χ3n) is 3.08. The van der Waals surface area contributed by atoms with Gasteiger partial charge in [0.15, 0.2) is 0 Å². The normalized spacial score (nSPS) is 11.8. The van der Waals surface area contributed by atoms with E-state index in [0.29, 0.717) is 12.6 Å². The predicted molar refractivity (Wildman–Crippen MR) is 76.3 cm³/mol. The third-order valence-corrected chi connectivity index (χ3v) is 4.58. The lowest BCUT2D eigenvalue weighted by molar-refractivity contribution is 0.0696. The number of benzene rings is 1. The van der Waals surface area contributed by atoms with E-state index < -0.39 is 26.7 Å². The molecule has 0 aliphatic carbocycles. The van der Waals surface area contributed by atoms with Crippen LogP contribution in [0.1, 0.15) is 24.2 Å². The van der Waals surface area contributed by atoms with Crippen molar-refractivity contribution in [1.82, 2.24) is 9.62 Å². The van der Waals surface area contributed by atoms with Crippen molar-refractivity contribution in [3.63, 3.8) is 0 Å². The van der Waals surface area contributed by atoms with E-state index in [1.165, 1.54) is 0 Å². The Morgan fingerprint density at radius 3 is 2.43 bits per heavy atom. The molecule has 0 atom stereocenters. The second-order valence-electron chi connectivity index (χ2n) is 4.38. The highest BCUT2D eigenvalue weighted by Crippen LogP contribution is 2.16. The van der Waals surface area contributed by atoms with E-state index in [4.69, 9.17) is 5.11 Å². The first kappa shape index (κ1) is 17.5. The van der Waals surface area contributed by atoms with Crippen LogP contribution in [0.4, 0.5) is 4.39 Å². The molecule has 0 fully saturated rings. The highest BCUT2D eigenvalue weighted by atomic mass is 32.2. The number of hydrogen-bond acceptors (Lipinski definition) is 4. The quantitative estimate of drug-likeness (QED) is 0.751. The lowest BCUT2D eigenvalue weighted by Gasteiger charge is -2.18. The molecule has 8 heteroatoms. The SMILES string of the molecule is CCN(CC)CCNS(=O)(=O)c1ccc(C(=O)O)cc1F. The molecule has 1 rings (SSSR count). The maximum absolute atomic E-state index is 13.7. The molecule has 2 N–H and O–H groups in total. The Balaban J connectivity index is 2.81. The Hall–Kier alpha value is -1.51. The number of aromatic carboxylic acids is 1. The van der Waals surface area contributed by atoms with Crippen LogP contribution in [0, 0.1) is 5.82 Å². The van der Waals surface area contributed by atoms with Crippen LogP contribution in [0.3, 0.4) is 0 Å². The summed E-state index contributed by atoms with van der Waals surface area (Å²) in [6.45, 7) is 6.18. The highest BCUT2D eigenvalue weighted by molar-refractivity contribution is 7.89.